The fourth-order valence-corrected chi connectivity index (χ4v) is 2.64. The molecule has 1 aliphatic heterocycles. The summed E-state index contributed by atoms with van der Waals surface area (Å²) >= 11 is 0. The number of imidazole rings is 1. The summed E-state index contributed by atoms with van der Waals surface area (Å²) in [5, 5.41) is 0. The molecule has 0 bridgehead atoms. The predicted molar refractivity (Wildman–Crippen MR) is 69.8 cm³/mol. The Balaban J connectivity index is 1.87. The molecule has 1 saturated heterocycles. The second-order valence-electron chi connectivity index (χ2n) is 5.19. The van der Waals surface area contributed by atoms with Crippen molar-refractivity contribution in [1.82, 2.24) is 14.5 Å². The molecule has 0 aromatic carbocycles. The standard InChI is InChI=1S/C13H24N4/c1-11-3-4-13(9-14)10-17(11)8-7-16-6-5-15-12(16)2/h5-6,11,13H,3-4,7-10,14H2,1-2H3. The largest absolute Gasteiger partial charge is 0.334 e. The van der Waals surface area contributed by atoms with Crippen LogP contribution in [0.4, 0.5) is 0 Å². The topological polar surface area (TPSA) is 47.1 Å². The van der Waals surface area contributed by atoms with E-state index in [0.717, 1.165) is 32.0 Å². The van der Waals surface area contributed by atoms with Crippen LogP contribution in [-0.4, -0.2) is 40.1 Å². The minimum absolute atomic E-state index is 0.690. The van der Waals surface area contributed by atoms with Crippen LogP contribution in [0.5, 0.6) is 0 Å². The first-order valence-electron chi connectivity index (χ1n) is 6.62. The Morgan fingerprint density at radius 1 is 1.41 bits per heavy atom. The van der Waals surface area contributed by atoms with E-state index in [1.165, 1.54) is 12.8 Å². The highest BCUT2D eigenvalue weighted by Crippen LogP contribution is 2.20. The molecule has 4 heteroatoms. The average molecular weight is 236 g/mol. The van der Waals surface area contributed by atoms with Gasteiger partial charge in [-0.05, 0) is 39.2 Å². The molecule has 1 fully saturated rings. The van der Waals surface area contributed by atoms with E-state index >= 15 is 0 Å². The maximum Gasteiger partial charge on any atom is 0.105 e. The molecule has 0 aliphatic carbocycles. The third-order valence-corrected chi connectivity index (χ3v) is 3.99. The van der Waals surface area contributed by atoms with Crippen LogP contribution in [0, 0.1) is 12.8 Å². The van der Waals surface area contributed by atoms with Crippen molar-refractivity contribution >= 4 is 0 Å². The Morgan fingerprint density at radius 3 is 2.88 bits per heavy atom. The molecule has 0 spiro atoms. The zero-order chi connectivity index (χ0) is 12.3. The van der Waals surface area contributed by atoms with Crippen molar-refractivity contribution < 1.29 is 0 Å². The minimum atomic E-state index is 0.690. The molecule has 1 aromatic heterocycles. The maximum atomic E-state index is 5.78. The molecule has 1 aliphatic rings. The number of likely N-dealkylation sites (tertiary alicyclic amines) is 1. The van der Waals surface area contributed by atoms with E-state index in [9.17, 15) is 0 Å². The molecular formula is C13H24N4. The van der Waals surface area contributed by atoms with Gasteiger partial charge < -0.3 is 10.3 Å². The monoisotopic (exact) mass is 236 g/mol. The minimum Gasteiger partial charge on any atom is -0.334 e. The van der Waals surface area contributed by atoms with Crippen LogP contribution in [-0.2, 0) is 6.54 Å². The lowest BCUT2D eigenvalue weighted by atomic mass is 9.93. The van der Waals surface area contributed by atoms with Crippen molar-refractivity contribution in [3.05, 3.63) is 18.2 Å². The molecule has 96 valence electrons. The Morgan fingerprint density at radius 2 is 2.24 bits per heavy atom. The predicted octanol–water partition coefficient (Wildman–Crippen LogP) is 1.25. The van der Waals surface area contributed by atoms with Gasteiger partial charge in [-0.25, -0.2) is 4.98 Å². The molecule has 2 atom stereocenters. The van der Waals surface area contributed by atoms with E-state index in [0.29, 0.717) is 12.0 Å². The van der Waals surface area contributed by atoms with Gasteiger partial charge in [-0.15, -0.1) is 0 Å². The first-order valence-corrected chi connectivity index (χ1v) is 6.62. The Bertz CT molecular complexity index is 347. The summed E-state index contributed by atoms with van der Waals surface area (Å²) in [4.78, 5) is 6.82. The lowest BCUT2D eigenvalue weighted by Gasteiger charge is -2.37. The zero-order valence-electron chi connectivity index (χ0n) is 11.0. The lowest BCUT2D eigenvalue weighted by molar-refractivity contribution is 0.116. The summed E-state index contributed by atoms with van der Waals surface area (Å²) < 4.78 is 2.22. The summed E-state index contributed by atoms with van der Waals surface area (Å²) in [5.41, 5.74) is 5.78. The maximum absolute atomic E-state index is 5.78. The highest BCUT2D eigenvalue weighted by molar-refractivity contribution is 4.89. The van der Waals surface area contributed by atoms with Gasteiger partial charge >= 0.3 is 0 Å². The fourth-order valence-electron chi connectivity index (χ4n) is 2.64. The summed E-state index contributed by atoms with van der Waals surface area (Å²) in [6.07, 6.45) is 6.51. The molecule has 2 unspecified atom stereocenters. The van der Waals surface area contributed by atoms with Gasteiger partial charge in [-0.2, -0.15) is 0 Å². The number of nitrogens with two attached hydrogens (primary N) is 1. The second kappa shape index (κ2) is 5.65. The fraction of sp³-hybridized carbons (Fsp3) is 0.769. The van der Waals surface area contributed by atoms with E-state index in [4.69, 9.17) is 5.73 Å². The number of aryl methyl sites for hydroxylation is 1. The van der Waals surface area contributed by atoms with Crippen molar-refractivity contribution in [3.63, 3.8) is 0 Å². The van der Waals surface area contributed by atoms with Crippen LogP contribution in [0.25, 0.3) is 0 Å². The van der Waals surface area contributed by atoms with Crippen molar-refractivity contribution in [2.45, 2.75) is 39.3 Å². The normalized spacial score (nSPS) is 26.3. The van der Waals surface area contributed by atoms with Crippen LogP contribution in [0.2, 0.25) is 0 Å². The van der Waals surface area contributed by atoms with Gasteiger partial charge in [0.2, 0.25) is 0 Å². The summed E-state index contributed by atoms with van der Waals surface area (Å²) in [6.45, 7) is 8.51. The smallest absolute Gasteiger partial charge is 0.105 e. The Labute approximate surface area is 104 Å². The van der Waals surface area contributed by atoms with Gasteiger partial charge in [0.15, 0.2) is 0 Å². The van der Waals surface area contributed by atoms with Crippen LogP contribution in [0.15, 0.2) is 12.4 Å². The zero-order valence-corrected chi connectivity index (χ0v) is 11.0. The van der Waals surface area contributed by atoms with E-state index in [-0.39, 0.29) is 0 Å². The Hall–Kier alpha value is -0.870. The molecular weight excluding hydrogens is 212 g/mol. The van der Waals surface area contributed by atoms with Crippen molar-refractivity contribution in [3.8, 4) is 0 Å². The third kappa shape index (κ3) is 3.07. The molecule has 2 N–H and O–H groups in total. The van der Waals surface area contributed by atoms with Gasteiger partial charge in [0.25, 0.3) is 0 Å². The summed E-state index contributed by atoms with van der Waals surface area (Å²) in [7, 11) is 0. The van der Waals surface area contributed by atoms with Crippen LogP contribution < -0.4 is 5.73 Å². The average Bonchev–Trinajstić information content (AvgIpc) is 2.74. The first-order chi connectivity index (χ1) is 8.20. The van der Waals surface area contributed by atoms with Crippen LogP contribution in [0.3, 0.4) is 0 Å². The van der Waals surface area contributed by atoms with E-state index in [1.54, 1.807) is 0 Å². The summed E-state index contributed by atoms with van der Waals surface area (Å²) in [6, 6.07) is 0.696. The molecule has 4 nitrogen and oxygen atoms in total. The second-order valence-corrected chi connectivity index (χ2v) is 5.19. The van der Waals surface area contributed by atoms with Crippen LogP contribution in [0.1, 0.15) is 25.6 Å². The van der Waals surface area contributed by atoms with Gasteiger partial charge in [0.1, 0.15) is 5.82 Å². The molecule has 1 aromatic rings. The number of hydrogen-bond acceptors (Lipinski definition) is 3. The van der Waals surface area contributed by atoms with Crippen LogP contribution >= 0.6 is 0 Å². The lowest BCUT2D eigenvalue weighted by Crippen LogP contribution is -2.45. The molecule has 17 heavy (non-hydrogen) atoms. The molecule has 0 radical (unpaired) electrons. The van der Waals surface area contributed by atoms with Crippen molar-refractivity contribution in [2.24, 2.45) is 11.7 Å². The number of hydrogen-bond donors (Lipinski definition) is 1. The van der Waals surface area contributed by atoms with Gasteiger partial charge in [0.05, 0.1) is 0 Å². The third-order valence-electron chi connectivity index (χ3n) is 3.99. The van der Waals surface area contributed by atoms with E-state index in [1.807, 2.05) is 6.20 Å². The molecule has 0 amide bonds. The van der Waals surface area contributed by atoms with Gasteiger partial charge in [-0.1, -0.05) is 0 Å². The Kier molecular flexibility index (Phi) is 4.18. The van der Waals surface area contributed by atoms with Gasteiger partial charge in [0, 0.05) is 38.1 Å². The summed E-state index contributed by atoms with van der Waals surface area (Å²) in [5.74, 6) is 1.79. The first kappa shape index (κ1) is 12.6. The quantitative estimate of drug-likeness (QED) is 0.856. The number of nitrogens with zero attached hydrogens (tertiary/aromatic N) is 3. The molecule has 0 saturated carbocycles. The molecule has 2 heterocycles. The SMILES string of the molecule is Cc1nccn1CCN1CC(CN)CCC1C. The van der Waals surface area contributed by atoms with Crippen molar-refractivity contribution in [2.75, 3.05) is 19.6 Å². The highest BCUT2D eigenvalue weighted by atomic mass is 15.2. The number of aromatic nitrogens is 2. The van der Waals surface area contributed by atoms with E-state index in [2.05, 4.69) is 34.5 Å². The number of rotatable bonds is 4. The highest BCUT2D eigenvalue weighted by Gasteiger charge is 2.24. The van der Waals surface area contributed by atoms with Gasteiger partial charge in [-0.3, -0.25) is 4.90 Å². The molecule has 2 rings (SSSR count). The van der Waals surface area contributed by atoms with Crippen molar-refractivity contribution in [1.29, 1.82) is 0 Å². The van der Waals surface area contributed by atoms with E-state index < -0.39 is 0 Å². The number of piperidine rings is 1.